The summed E-state index contributed by atoms with van der Waals surface area (Å²) >= 11 is 0. The summed E-state index contributed by atoms with van der Waals surface area (Å²) in [6.07, 6.45) is 5.39. The van der Waals surface area contributed by atoms with Crippen molar-refractivity contribution in [1.29, 1.82) is 0 Å². The minimum absolute atomic E-state index is 0.144. The lowest BCUT2D eigenvalue weighted by Crippen LogP contribution is -2.24. The molecule has 2 aromatic heterocycles. The van der Waals surface area contributed by atoms with Crippen LogP contribution in [-0.2, 0) is 0 Å². The van der Waals surface area contributed by atoms with Gasteiger partial charge in [-0.1, -0.05) is 11.2 Å². The van der Waals surface area contributed by atoms with E-state index in [1.165, 1.54) is 0 Å². The first kappa shape index (κ1) is 13.9. The Labute approximate surface area is 116 Å². The molecule has 0 aromatic carbocycles. The van der Waals surface area contributed by atoms with E-state index in [0.717, 1.165) is 18.4 Å². The number of hydrogen-bond donors (Lipinski definition) is 3. The van der Waals surface area contributed by atoms with Gasteiger partial charge in [0.15, 0.2) is 0 Å². The van der Waals surface area contributed by atoms with Crippen LogP contribution in [0.1, 0.15) is 29.6 Å². The fraction of sp³-hybridized carbons (Fsp3) is 0.308. The van der Waals surface area contributed by atoms with Crippen molar-refractivity contribution in [3.63, 3.8) is 0 Å². The fourth-order valence-electron chi connectivity index (χ4n) is 1.89. The second-order valence-electron chi connectivity index (χ2n) is 4.39. The summed E-state index contributed by atoms with van der Waals surface area (Å²) < 4.78 is 1.66. The van der Waals surface area contributed by atoms with Crippen molar-refractivity contribution in [2.24, 2.45) is 10.9 Å². The van der Waals surface area contributed by atoms with E-state index < -0.39 is 0 Å². The number of oxime groups is 1. The Kier molecular flexibility index (Phi) is 4.54. The highest BCUT2D eigenvalue weighted by molar-refractivity contribution is 6.00. The number of amides is 1. The van der Waals surface area contributed by atoms with Gasteiger partial charge >= 0.3 is 0 Å². The number of pyridine rings is 1. The summed E-state index contributed by atoms with van der Waals surface area (Å²) in [6, 6.07) is 5.57. The number of unbranched alkanes of at least 4 members (excludes halogenated alkanes) is 1. The molecule has 0 aliphatic carbocycles. The van der Waals surface area contributed by atoms with Crippen LogP contribution in [0.2, 0.25) is 0 Å². The van der Waals surface area contributed by atoms with Crippen molar-refractivity contribution >= 4 is 17.3 Å². The molecule has 20 heavy (non-hydrogen) atoms. The SMILES string of the molecule is N/C(CCCCNC(=O)c1cnn2ccccc12)=N/O. The molecule has 7 nitrogen and oxygen atoms in total. The zero-order chi connectivity index (χ0) is 14.4. The van der Waals surface area contributed by atoms with Gasteiger partial charge in [0.1, 0.15) is 5.84 Å². The van der Waals surface area contributed by atoms with Gasteiger partial charge in [-0.25, -0.2) is 4.52 Å². The molecule has 106 valence electrons. The lowest BCUT2D eigenvalue weighted by molar-refractivity contribution is 0.0954. The molecule has 2 aromatic rings. The number of nitrogens with zero attached hydrogens (tertiary/aromatic N) is 3. The maximum absolute atomic E-state index is 12.0. The molecule has 0 bridgehead atoms. The summed E-state index contributed by atoms with van der Waals surface area (Å²) in [4.78, 5) is 12.0. The van der Waals surface area contributed by atoms with Gasteiger partial charge < -0.3 is 16.3 Å². The van der Waals surface area contributed by atoms with Crippen LogP contribution in [0.4, 0.5) is 0 Å². The standard InChI is InChI=1S/C13H17N5O2/c14-12(17-20)6-1-3-7-15-13(19)10-9-16-18-8-4-2-5-11(10)18/h2,4-5,8-9,20H,1,3,6-7H2,(H2,14,17)(H,15,19). The topological polar surface area (TPSA) is 105 Å². The van der Waals surface area contributed by atoms with Gasteiger partial charge in [0.05, 0.1) is 17.3 Å². The Morgan fingerprint density at radius 3 is 3.10 bits per heavy atom. The first-order valence-electron chi connectivity index (χ1n) is 6.39. The number of amidine groups is 1. The highest BCUT2D eigenvalue weighted by atomic mass is 16.4. The van der Waals surface area contributed by atoms with Gasteiger partial charge in [-0.05, 0) is 25.0 Å². The molecule has 7 heteroatoms. The molecule has 4 N–H and O–H groups in total. The number of fused-ring (bicyclic) bond motifs is 1. The molecule has 0 aliphatic rings. The number of aromatic nitrogens is 2. The van der Waals surface area contributed by atoms with E-state index in [1.807, 2.05) is 18.2 Å². The zero-order valence-corrected chi connectivity index (χ0v) is 11.0. The van der Waals surface area contributed by atoms with Crippen LogP contribution in [-0.4, -0.2) is 33.1 Å². The van der Waals surface area contributed by atoms with E-state index in [0.29, 0.717) is 18.5 Å². The molecular formula is C13H17N5O2. The van der Waals surface area contributed by atoms with E-state index in [-0.39, 0.29) is 11.7 Å². The van der Waals surface area contributed by atoms with Crippen LogP contribution in [0.25, 0.3) is 5.52 Å². The van der Waals surface area contributed by atoms with E-state index in [9.17, 15) is 4.79 Å². The van der Waals surface area contributed by atoms with Crippen molar-refractivity contribution in [1.82, 2.24) is 14.9 Å². The average molecular weight is 275 g/mol. The molecule has 0 saturated heterocycles. The molecular weight excluding hydrogens is 258 g/mol. The van der Waals surface area contributed by atoms with E-state index in [4.69, 9.17) is 10.9 Å². The second-order valence-corrected chi connectivity index (χ2v) is 4.39. The van der Waals surface area contributed by atoms with Crippen LogP contribution in [0.15, 0.2) is 35.7 Å². The Bertz CT molecular complexity index is 620. The van der Waals surface area contributed by atoms with E-state index in [1.54, 1.807) is 16.9 Å². The smallest absolute Gasteiger partial charge is 0.255 e. The quantitative estimate of drug-likeness (QED) is 0.240. The lowest BCUT2D eigenvalue weighted by Gasteiger charge is -2.04. The summed E-state index contributed by atoms with van der Waals surface area (Å²) in [5.74, 6) is 0.0638. The summed E-state index contributed by atoms with van der Waals surface area (Å²) in [5.41, 5.74) is 6.69. The number of rotatable bonds is 6. The van der Waals surface area contributed by atoms with E-state index in [2.05, 4.69) is 15.6 Å². The molecule has 2 heterocycles. The highest BCUT2D eigenvalue weighted by Crippen LogP contribution is 2.09. The Balaban J connectivity index is 1.83. The molecule has 0 spiro atoms. The van der Waals surface area contributed by atoms with Gasteiger partial charge in [0.2, 0.25) is 0 Å². The largest absolute Gasteiger partial charge is 0.409 e. The molecule has 0 unspecified atom stereocenters. The lowest BCUT2D eigenvalue weighted by atomic mass is 10.2. The Morgan fingerprint density at radius 2 is 2.30 bits per heavy atom. The summed E-state index contributed by atoms with van der Waals surface area (Å²) in [7, 11) is 0. The predicted molar refractivity (Wildman–Crippen MR) is 74.8 cm³/mol. The van der Waals surface area contributed by atoms with E-state index >= 15 is 0 Å². The molecule has 0 radical (unpaired) electrons. The van der Waals surface area contributed by atoms with Crippen molar-refractivity contribution < 1.29 is 10.0 Å². The second kappa shape index (κ2) is 6.55. The van der Waals surface area contributed by atoms with Gasteiger partial charge in [-0.3, -0.25) is 4.79 Å². The maximum Gasteiger partial charge on any atom is 0.255 e. The summed E-state index contributed by atoms with van der Waals surface area (Å²) in [6.45, 7) is 0.543. The molecule has 0 saturated carbocycles. The summed E-state index contributed by atoms with van der Waals surface area (Å²) in [5, 5.41) is 18.2. The molecule has 0 aliphatic heterocycles. The minimum Gasteiger partial charge on any atom is -0.409 e. The fourth-order valence-corrected chi connectivity index (χ4v) is 1.89. The molecule has 0 atom stereocenters. The van der Waals surface area contributed by atoms with Crippen molar-refractivity contribution in [2.75, 3.05) is 6.54 Å². The highest BCUT2D eigenvalue weighted by Gasteiger charge is 2.11. The average Bonchev–Trinajstić information content (AvgIpc) is 2.90. The number of carbonyl (C=O) groups excluding carboxylic acids is 1. The van der Waals surface area contributed by atoms with Gasteiger partial charge in [0, 0.05) is 19.2 Å². The molecule has 2 rings (SSSR count). The van der Waals surface area contributed by atoms with Gasteiger partial charge in [-0.15, -0.1) is 0 Å². The third-order valence-corrected chi connectivity index (χ3v) is 2.94. The predicted octanol–water partition coefficient (Wildman–Crippen LogP) is 0.981. The third-order valence-electron chi connectivity index (χ3n) is 2.94. The zero-order valence-electron chi connectivity index (χ0n) is 11.0. The molecule has 0 fully saturated rings. The number of nitrogens with one attached hydrogen (secondary N) is 1. The molecule has 1 amide bonds. The first-order chi connectivity index (χ1) is 9.72. The van der Waals surface area contributed by atoms with Crippen molar-refractivity contribution in [2.45, 2.75) is 19.3 Å². The third kappa shape index (κ3) is 3.25. The first-order valence-corrected chi connectivity index (χ1v) is 6.39. The minimum atomic E-state index is -0.144. The van der Waals surface area contributed by atoms with Crippen molar-refractivity contribution in [3.8, 4) is 0 Å². The van der Waals surface area contributed by atoms with Gasteiger partial charge in [0.25, 0.3) is 5.91 Å². The number of hydrogen-bond acceptors (Lipinski definition) is 4. The van der Waals surface area contributed by atoms with Gasteiger partial charge in [-0.2, -0.15) is 5.10 Å². The van der Waals surface area contributed by atoms with Crippen LogP contribution in [0.3, 0.4) is 0 Å². The monoisotopic (exact) mass is 275 g/mol. The normalized spacial score (nSPS) is 11.7. The number of carbonyl (C=O) groups is 1. The maximum atomic E-state index is 12.0. The van der Waals surface area contributed by atoms with Crippen molar-refractivity contribution in [3.05, 3.63) is 36.2 Å². The van der Waals surface area contributed by atoms with Crippen LogP contribution < -0.4 is 11.1 Å². The number of nitrogens with two attached hydrogens (primary N) is 1. The van der Waals surface area contributed by atoms with Crippen LogP contribution >= 0.6 is 0 Å². The van der Waals surface area contributed by atoms with Crippen LogP contribution in [0.5, 0.6) is 0 Å². The Hall–Kier alpha value is -2.57. The van der Waals surface area contributed by atoms with Crippen LogP contribution in [0, 0.1) is 0 Å². The Morgan fingerprint density at radius 1 is 1.45 bits per heavy atom.